The van der Waals surface area contributed by atoms with Gasteiger partial charge in [-0.3, -0.25) is 4.68 Å². The third-order valence-electron chi connectivity index (χ3n) is 4.26. The molecule has 1 aliphatic rings. The maximum atomic E-state index is 4.65. The molecule has 0 spiro atoms. The Labute approximate surface area is 105 Å². The highest BCUT2D eigenvalue weighted by Gasteiger charge is 2.31. The summed E-state index contributed by atoms with van der Waals surface area (Å²) in [4.78, 5) is 0. The molecule has 1 saturated carbocycles. The topological polar surface area (TPSA) is 29.9 Å². The minimum absolute atomic E-state index is 0.467. The van der Waals surface area contributed by atoms with Crippen LogP contribution in [0, 0.1) is 11.8 Å². The van der Waals surface area contributed by atoms with Gasteiger partial charge in [-0.05, 0) is 58.1 Å². The van der Waals surface area contributed by atoms with Gasteiger partial charge in [-0.2, -0.15) is 5.10 Å². The van der Waals surface area contributed by atoms with Crippen LogP contribution in [0.25, 0.3) is 0 Å². The molecule has 2 rings (SSSR count). The van der Waals surface area contributed by atoms with Crippen molar-refractivity contribution in [2.75, 3.05) is 7.05 Å². The second-order valence-corrected chi connectivity index (χ2v) is 5.68. The highest BCUT2D eigenvalue weighted by molar-refractivity contribution is 5.03. The number of nitrogens with zero attached hydrogens (tertiary/aromatic N) is 2. The molecule has 1 aromatic heterocycles. The minimum atomic E-state index is 0.467. The molecule has 3 unspecified atom stereocenters. The summed E-state index contributed by atoms with van der Waals surface area (Å²) in [7, 11) is 2.08. The van der Waals surface area contributed by atoms with Crippen molar-refractivity contribution >= 4 is 0 Å². The molecular weight excluding hydrogens is 210 g/mol. The molecule has 0 amide bonds. The number of aromatic nitrogens is 2. The van der Waals surface area contributed by atoms with Crippen LogP contribution in [0.3, 0.4) is 0 Å². The van der Waals surface area contributed by atoms with Crippen LogP contribution in [-0.4, -0.2) is 22.9 Å². The molecule has 0 saturated heterocycles. The third-order valence-corrected chi connectivity index (χ3v) is 4.26. The first-order chi connectivity index (χ1) is 8.11. The number of hydrogen-bond acceptors (Lipinski definition) is 2. The fraction of sp³-hybridized carbons (Fsp3) is 0.786. The molecule has 0 radical (unpaired) electrons. The van der Waals surface area contributed by atoms with Gasteiger partial charge >= 0.3 is 0 Å². The molecule has 3 heteroatoms. The fourth-order valence-electron chi connectivity index (χ4n) is 2.99. The van der Waals surface area contributed by atoms with Gasteiger partial charge in [-0.1, -0.05) is 6.92 Å². The zero-order chi connectivity index (χ0) is 12.4. The molecule has 3 nitrogen and oxygen atoms in total. The van der Waals surface area contributed by atoms with Gasteiger partial charge in [0.1, 0.15) is 0 Å². The molecule has 1 aromatic rings. The van der Waals surface area contributed by atoms with E-state index in [2.05, 4.69) is 55.2 Å². The van der Waals surface area contributed by atoms with E-state index in [0.717, 1.165) is 18.3 Å². The van der Waals surface area contributed by atoms with Gasteiger partial charge < -0.3 is 5.32 Å². The van der Waals surface area contributed by atoms with Crippen molar-refractivity contribution in [1.29, 1.82) is 0 Å². The lowest BCUT2D eigenvalue weighted by Gasteiger charge is -2.19. The van der Waals surface area contributed by atoms with Crippen LogP contribution in [0.4, 0.5) is 0 Å². The zero-order valence-electron chi connectivity index (χ0n) is 11.5. The second kappa shape index (κ2) is 5.21. The van der Waals surface area contributed by atoms with E-state index in [-0.39, 0.29) is 0 Å². The van der Waals surface area contributed by atoms with Crippen molar-refractivity contribution in [3.05, 3.63) is 18.0 Å². The van der Waals surface area contributed by atoms with Crippen LogP contribution >= 0.6 is 0 Å². The Hall–Kier alpha value is -0.830. The summed E-state index contributed by atoms with van der Waals surface area (Å²) in [6.07, 6.45) is 5.89. The van der Waals surface area contributed by atoms with E-state index in [4.69, 9.17) is 0 Å². The lowest BCUT2D eigenvalue weighted by atomic mass is 9.91. The molecule has 1 fully saturated rings. The Bertz CT molecular complexity index is 356. The molecule has 96 valence electrons. The first-order valence-corrected chi connectivity index (χ1v) is 6.83. The summed E-state index contributed by atoms with van der Waals surface area (Å²) in [5, 5.41) is 8.08. The summed E-state index contributed by atoms with van der Waals surface area (Å²) in [6, 6.07) is 3.35. The Kier molecular flexibility index (Phi) is 3.87. The smallest absolute Gasteiger partial charge is 0.0627 e. The third kappa shape index (κ3) is 2.71. The van der Waals surface area contributed by atoms with Crippen LogP contribution in [0.5, 0.6) is 0 Å². The average molecular weight is 235 g/mol. The van der Waals surface area contributed by atoms with Crippen molar-refractivity contribution in [2.45, 2.75) is 52.1 Å². The van der Waals surface area contributed by atoms with E-state index < -0.39 is 0 Å². The molecule has 1 aliphatic carbocycles. The van der Waals surface area contributed by atoms with Gasteiger partial charge in [0.2, 0.25) is 0 Å². The number of nitrogens with one attached hydrogen (secondary N) is 1. The molecular formula is C14H25N3. The summed E-state index contributed by atoms with van der Waals surface area (Å²) in [6.45, 7) is 6.72. The minimum Gasteiger partial charge on any atom is -0.317 e. The molecule has 3 atom stereocenters. The van der Waals surface area contributed by atoms with Gasteiger partial charge in [0.15, 0.2) is 0 Å². The maximum absolute atomic E-state index is 4.65. The first kappa shape index (κ1) is 12.6. The first-order valence-electron chi connectivity index (χ1n) is 6.83. The molecule has 1 N–H and O–H groups in total. The van der Waals surface area contributed by atoms with E-state index in [0.29, 0.717) is 12.1 Å². The molecule has 0 aromatic carbocycles. The predicted octanol–water partition coefficient (Wildman–Crippen LogP) is 2.64. The van der Waals surface area contributed by atoms with Crippen molar-refractivity contribution < 1.29 is 0 Å². The SMILES string of the molecule is CNC1CCC(Cc2ccn(C(C)C)n2)C1C. The molecule has 17 heavy (non-hydrogen) atoms. The predicted molar refractivity (Wildman–Crippen MR) is 71.1 cm³/mol. The lowest BCUT2D eigenvalue weighted by molar-refractivity contribution is 0.360. The van der Waals surface area contributed by atoms with Crippen molar-refractivity contribution in [1.82, 2.24) is 15.1 Å². The fourth-order valence-corrected chi connectivity index (χ4v) is 2.99. The van der Waals surface area contributed by atoms with Crippen LogP contribution < -0.4 is 5.32 Å². The van der Waals surface area contributed by atoms with Crippen LogP contribution in [0.1, 0.15) is 45.3 Å². The highest BCUT2D eigenvalue weighted by atomic mass is 15.3. The summed E-state index contributed by atoms with van der Waals surface area (Å²) in [5.74, 6) is 1.56. The van der Waals surface area contributed by atoms with Crippen molar-refractivity contribution in [3.63, 3.8) is 0 Å². The lowest BCUT2D eigenvalue weighted by Crippen LogP contribution is -2.29. The van der Waals surface area contributed by atoms with E-state index in [1.54, 1.807) is 0 Å². The second-order valence-electron chi connectivity index (χ2n) is 5.68. The Morgan fingerprint density at radius 1 is 1.47 bits per heavy atom. The Morgan fingerprint density at radius 2 is 2.24 bits per heavy atom. The number of rotatable bonds is 4. The van der Waals surface area contributed by atoms with E-state index >= 15 is 0 Å². The number of hydrogen-bond donors (Lipinski definition) is 1. The largest absolute Gasteiger partial charge is 0.317 e. The summed E-state index contributed by atoms with van der Waals surface area (Å²) >= 11 is 0. The van der Waals surface area contributed by atoms with Crippen LogP contribution in [-0.2, 0) is 6.42 Å². The van der Waals surface area contributed by atoms with Gasteiger partial charge in [0.05, 0.1) is 5.69 Å². The maximum Gasteiger partial charge on any atom is 0.0627 e. The monoisotopic (exact) mass is 235 g/mol. The molecule has 0 bridgehead atoms. The normalized spacial score (nSPS) is 29.1. The molecule has 0 aliphatic heterocycles. The molecule has 1 heterocycles. The zero-order valence-corrected chi connectivity index (χ0v) is 11.5. The van der Waals surface area contributed by atoms with E-state index in [9.17, 15) is 0 Å². The van der Waals surface area contributed by atoms with Crippen molar-refractivity contribution in [2.24, 2.45) is 11.8 Å². The summed E-state index contributed by atoms with van der Waals surface area (Å²) < 4.78 is 2.06. The van der Waals surface area contributed by atoms with Crippen LogP contribution in [0.15, 0.2) is 12.3 Å². The van der Waals surface area contributed by atoms with Gasteiger partial charge in [0.25, 0.3) is 0 Å². The standard InChI is InChI=1S/C14H25N3/c1-10(2)17-8-7-13(16-17)9-12-5-6-14(15-4)11(12)3/h7-8,10-12,14-15H,5-6,9H2,1-4H3. The van der Waals surface area contributed by atoms with Crippen LogP contribution in [0.2, 0.25) is 0 Å². The van der Waals surface area contributed by atoms with E-state index in [1.807, 2.05) is 0 Å². The van der Waals surface area contributed by atoms with Gasteiger partial charge in [-0.25, -0.2) is 0 Å². The quantitative estimate of drug-likeness (QED) is 0.869. The average Bonchev–Trinajstić information content (AvgIpc) is 2.88. The Balaban J connectivity index is 1.97. The van der Waals surface area contributed by atoms with Gasteiger partial charge in [0, 0.05) is 18.3 Å². The van der Waals surface area contributed by atoms with Crippen molar-refractivity contribution in [3.8, 4) is 0 Å². The van der Waals surface area contributed by atoms with Gasteiger partial charge in [-0.15, -0.1) is 0 Å². The van der Waals surface area contributed by atoms with E-state index in [1.165, 1.54) is 18.5 Å². The summed E-state index contributed by atoms with van der Waals surface area (Å²) in [5.41, 5.74) is 1.26. The highest BCUT2D eigenvalue weighted by Crippen LogP contribution is 2.33. The Morgan fingerprint density at radius 3 is 2.76 bits per heavy atom.